The average Bonchev–Trinajstić information content (AvgIpc) is 2.58. The van der Waals surface area contributed by atoms with Gasteiger partial charge in [0.2, 0.25) is 0 Å². The topological polar surface area (TPSA) is 55.4 Å². The Hall–Kier alpha value is -3.14. The van der Waals surface area contributed by atoms with Crippen LogP contribution in [0.25, 0.3) is 12.2 Å². The summed E-state index contributed by atoms with van der Waals surface area (Å²) in [6.07, 6.45) is 5.78. The standard InChI is InChI=1S/C18H15NO3/c20-17(13-11-15-7-3-1-4-8-15)19-22-18(21)14-12-16-9-5-2-6-10-16/h1-14H,(H,19,20). The van der Waals surface area contributed by atoms with Crippen LogP contribution < -0.4 is 5.48 Å². The van der Waals surface area contributed by atoms with Gasteiger partial charge in [0.25, 0.3) is 5.91 Å². The highest BCUT2D eigenvalue weighted by molar-refractivity contribution is 5.93. The van der Waals surface area contributed by atoms with Crippen molar-refractivity contribution < 1.29 is 14.4 Å². The van der Waals surface area contributed by atoms with Crippen molar-refractivity contribution in [1.82, 2.24) is 5.48 Å². The number of hydroxylamine groups is 1. The highest BCUT2D eigenvalue weighted by Crippen LogP contribution is 2.01. The van der Waals surface area contributed by atoms with Crippen molar-refractivity contribution in [2.24, 2.45) is 0 Å². The highest BCUT2D eigenvalue weighted by atomic mass is 16.7. The van der Waals surface area contributed by atoms with Gasteiger partial charge in [0.15, 0.2) is 0 Å². The number of nitrogens with one attached hydrogen (secondary N) is 1. The van der Waals surface area contributed by atoms with Crippen molar-refractivity contribution in [2.45, 2.75) is 0 Å². The Morgan fingerprint density at radius 3 is 1.82 bits per heavy atom. The van der Waals surface area contributed by atoms with Gasteiger partial charge >= 0.3 is 5.97 Å². The molecule has 0 saturated carbocycles. The van der Waals surface area contributed by atoms with E-state index in [9.17, 15) is 9.59 Å². The molecule has 22 heavy (non-hydrogen) atoms. The fourth-order valence-corrected chi connectivity index (χ4v) is 1.63. The molecule has 2 rings (SSSR count). The molecule has 0 aromatic heterocycles. The first-order valence-corrected chi connectivity index (χ1v) is 6.71. The number of benzene rings is 2. The van der Waals surface area contributed by atoms with E-state index in [0.29, 0.717) is 0 Å². The van der Waals surface area contributed by atoms with Crippen LogP contribution in [0.4, 0.5) is 0 Å². The Balaban J connectivity index is 1.77. The fourth-order valence-electron chi connectivity index (χ4n) is 1.63. The van der Waals surface area contributed by atoms with Crippen molar-refractivity contribution in [2.75, 3.05) is 0 Å². The first kappa shape index (κ1) is 15.3. The lowest BCUT2D eigenvalue weighted by Crippen LogP contribution is -2.24. The zero-order chi connectivity index (χ0) is 15.6. The molecule has 0 unspecified atom stereocenters. The number of rotatable bonds is 4. The van der Waals surface area contributed by atoms with E-state index in [-0.39, 0.29) is 0 Å². The van der Waals surface area contributed by atoms with Crippen LogP contribution in [0.2, 0.25) is 0 Å². The van der Waals surface area contributed by atoms with E-state index in [4.69, 9.17) is 0 Å². The first-order valence-electron chi connectivity index (χ1n) is 6.71. The highest BCUT2D eigenvalue weighted by Gasteiger charge is 2.00. The summed E-state index contributed by atoms with van der Waals surface area (Å²) in [5, 5.41) is 0. The number of carbonyl (C=O) groups is 2. The largest absolute Gasteiger partial charge is 0.355 e. The summed E-state index contributed by atoms with van der Waals surface area (Å²) in [4.78, 5) is 27.6. The Morgan fingerprint density at radius 2 is 1.27 bits per heavy atom. The van der Waals surface area contributed by atoms with E-state index in [2.05, 4.69) is 10.3 Å². The second kappa shape index (κ2) is 8.21. The molecule has 0 heterocycles. The smallest absolute Gasteiger partial charge is 0.336 e. The Morgan fingerprint density at radius 1 is 0.773 bits per heavy atom. The van der Waals surface area contributed by atoms with Crippen molar-refractivity contribution in [1.29, 1.82) is 0 Å². The van der Waals surface area contributed by atoms with Crippen LogP contribution in [-0.4, -0.2) is 11.9 Å². The molecule has 0 fully saturated rings. The summed E-state index contributed by atoms with van der Waals surface area (Å²) in [6, 6.07) is 18.7. The predicted octanol–water partition coefficient (Wildman–Crippen LogP) is 2.99. The second-order valence-corrected chi connectivity index (χ2v) is 4.38. The van der Waals surface area contributed by atoms with Crippen LogP contribution >= 0.6 is 0 Å². The van der Waals surface area contributed by atoms with Gasteiger partial charge in [-0.1, -0.05) is 60.7 Å². The molecule has 0 spiro atoms. The molecule has 110 valence electrons. The van der Waals surface area contributed by atoms with Gasteiger partial charge in [-0.2, -0.15) is 5.48 Å². The minimum atomic E-state index is -0.648. The SMILES string of the molecule is O=C(C=Cc1ccccc1)NOC(=O)C=Cc1ccccc1. The lowest BCUT2D eigenvalue weighted by molar-refractivity contribution is -0.151. The van der Waals surface area contributed by atoms with Gasteiger partial charge < -0.3 is 4.84 Å². The maximum absolute atomic E-state index is 11.5. The molecular formula is C18H15NO3. The molecule has 0 aliphatic rings. The summed E-state index contributed by atoms with van der Waals surface area (Å²) >= 11 is 0. The molecule has 0 aliphatic heterocycles. The molecular weight excluding hydrogens is 278 g/mol. The maximum atomic E-state index is 11.5. The number of amides is 1. The first-order chi connectivity index (χ1) is 10.7. The van der Waals surface area contributed by atoms with Crippen LogP contribution in [0.1, 0.15) is 11.1 Å². The Bertz CT molecular complexity index is 614. The van der Waals surface area contributed by atoms with Gasteiger partial charge in [0.1, 0.15) is 0 Å². The molecule has 0 radical (unpaired) electrons. The van der Waals surface area contributed by atoms with Crippen LogP contribution in [0, 0.1) is 0 Å². The van der Waals surface area contributed by atoms with Crippen molar-refractivity contribution >= 4 is 24.0 Å². The monoisotopic (exact) mass is 293 g/mol. The fraction of sp³-hybridized carbons (Fsp3) is 0. The van der Waals surface area contributed by atoms with E-state index >= 15 is 0 Å². The number of hydrogen-bond donors (Lipinski definition) is 1. The zero-order valence-corrected chi connectivity index (χ0v) is 11.8. The average molecular weight is 293 g/mol. The van der Waals surface area contributed by atoms with Gasteiger partial charge in [-0.15, -0.1) is 0 Å². The molecule has 1 amide bonds. The minimum absolute atomic E-state index is 0.509. The third-order valence-corrected chi connectivity index (χ3v) is 2.69. The van der Waals surface area contributed by atoms with Gasteiger partial charge in [-0.3, -0.25) is 4.79 Å². The summed E-state index contributed by atoms with van der Waals surface area (Å²) in [7, 11) is 0. The number of carbonyl (C=O) groups excluding carboxylic acids is 2. The normalized spacial score (nSPS) is 10.7. The lowest BCUT2D eigenvalue weighted by atomic mass is 10.2. The third-order valence-electron chi connectivity index (χ3n) is 2.69. The minimum Gasteiger partial charge on any atom is -0.336 e. The van der Waals surface area contributed by atoms with Crippen molar-refractivity contribution in [3.05, 3.63) is 83.9 Å². The molecule has 0 aliphatic carbocycles. The molecule has 2 aromatic carbocycles. The summed E-state index contributed by atoms with van der Waals surface area (Å²) in [5.74, 6) is -1.16. The maximum Gasteiger partial charge on any atom is 0.355 e. The molecule has 1 N–H and O–H groups in total. The summed E-state index contributed by atoms with van der Waals surface area (Å²) in [6.45, 7) is 0. The number of hydrogen-bond acceptors (Lipinski definition) is 3. The molecule has 0 saturated heterocycles. The molecule has 4 nitrogen and oxygen atoms in total. The third kappa shape index (κ3) is 5.46. The van der Waals surface area contributed by atoms with Gasteiger partial charge in [0, 0.05) is 12.2 Å². The van der Waals surface area contributed by atoms with Gasteiger partial charge in [-0.25, -0.2) is 4.79 Å². The predicted molar refractivity (Wildman–Crippen MR) is 85.2 cm³/mol. The Kier molecular flexibility index (Phi) is 5.70. The lowest BCUT2D eigenvalue weighted by Gasteiger charge is -2.00. The van der Waals surface area contributed by atoms with E-state index in [0.717, 1.165) is 11.1 Å². The van der Waals surface area contributed by atoms with Crippen LogP contribution in [0.3, 0.4) is 0 Å². The van der Waals surface area contributed by atoms with Crippen LogP contribution in [0.5, 0.6) is 0 Å². The van der Waals surface area contributed by atoms with Gasteiger partial charge in [0.05, 0.1) is 0 Å². The van der Waals surface area contributed by atoms with E-state index < -0.39 is 11.9 Å². The summed E-state index contributed by atoms with van der Waals surface area (Å²) in [5.41, 5.74) is 3.81. The van der Waals surface area contributed by atoms with Crippen LogP contribution in [0.15, 0.2) is 72.8 Å². The second-order valence-electron chi connectivity index (χ2n) is 4.38. The summed E-state index contributed by atoms with van der Waals surface area (Å²) < 4.78 is 0. The van der Waals surface area contributed by atoms with Gasteiger partial charge in [-0.05, 0) is 23.3 Å². The quantitative estimate of drug-likeness (QED) is 0.696. The molecule has 0 bridgehead atoms. The van der Waals surface area contributed by atoms with E-state index in [1.165, 1.54) is 12.2 Å². The van der Waals surface area contributed by atoms with Crippen LogP contribution in [-0.2, 0) is 14.4 Å². The van der Waals surface area contributed by atoms with Crippen molar-refractivity contribution in [3.8, 4) is 0 Å². The van der Waals surface area contributed by atoms with E-state index in [1.54, 1.807) is 12.2 Å². The zero-order valence-electron chi connectivity index (χ0n) is 11.8. The molecule has 4 heteroatoms. The Labute approximate surface area is 128 Å². The molecule has 0 atom stereocenters. The molecule has 2 aromatic rings. The van der Waals surface area contributed by atoms with Crippen molar-refractivity contribution in [3.63, 3.8) is 0 Å². The van der Waals surface area contributed by atoms with E-state index in [1.807, 2.05) is 60.7 Å².